The molecule has 0 radical (unpaired) electrons. The van der Waals surface area contributed by atoms with Crippen molar-refractivity contribution in [2.45, 2.75) is 52.9 Å². The average Bonchev–Trinajstić information content (AvgIpc) is 3.36. The highest BCUT2D eigenvalue weighted by Crippen LogP contribution is 2.51. The summed E-state index contributed by atoms with van der Waals surface area (Å²) in [5, 5.41) is 7.72. The van der Waals surface area contributed by atoms with E-state index in [4.69, 9.17) is 4.74 Å². The van der Waals surface area contributed by atoms with E-state index < -0.39 is 0 Å². The Labute approximate surface area is 207 Å². The molecule has 1 aliphatic carbocycles. The maximum Gasteiger partial charge on any atom is 0.228 e. The van der Waals surface area contributed by atoms with Crippen molar-refractivity contribution in [1.82, 2.24) is 0 Å². The van der Waals surface area contributed by atoms with Crippen LogP contribution in [0.3, 0.4) is 0 Å². The molecule has 0 bridgehead atoms. The Morgan fingerprint density at radius 1 is 0.829 bits per heavy atom. The molecule has 0 spiro atoms. The molecule has 0 unspecified atom stereocenters. The molecule has 0 atom stereocenters. The van der Waals surface area contributed by atoms with Crippen LogP contribution in [0.4, 0.5) is 0 Å². The van der Waals surface area contributed by atoms with Gasteiger partial charge in [-0.05, 0) is 71.8 Å². The topological polar surface area (TPSA) is 13.1 Å². The standard InChI is InChI=1S/C33H32NO/c1-19-9-11-25-21(3)33-30(20(2)28(25)15-19)32-31-27(13-14-34(32)4)26-12-10-23(16-22-7-5-6-8-22)17-24(26)18-29(31)35-33/h9-15,17-18,22H,5-8,16H2,1-4H3/q+1. The largest absolute Gasteiger partial charge is 0.455 e. The van der Waals surface area contributed by atoms with Gasteiger partial charge >= 0.3 is 0 Å². The molecule has 0 N–H and O–H groups in total. The maximum atomic E-state index is 6.82. The minimum absolute atomic E-state index is 0.850. The Bertz CT molecular complexity index is 1690. The minimum atomic E-state index is 0.850. The molecule has 7 rings (SSSR count). The summed E-state index contributed by atoms with van der Waals surface area (Å²) in [6, 6.07) is 18.5. The molecule has 1 saturated carbocycles. The van der Waals surface area contributed by atoms with E-state index in [-0.39, 0.29) is 0 Å². The number of hydrogen-bond acceptors (Lipinski definition) is 1. The number of pyridine rings is 1. The predicted octanol–water partition coefficient (Wildman–Crippen LogP) is 8.40. The summed E-state index contributed by atoms with van der Waals surface area (Å²) < 4.78 is 9.10. The normalized spacial score (nSPS) is 15.2. The summed E-state index contributed by atoms with van der Waals surface area (Å²) in [5.74, 6) is 2.84. The average molecular weight is 459 g/mol. The minimum Gasteiger partial charge on any atom is -0.455 e. The fraction of sp³-hybridized carbons (Fsp3) is 0.303. The zero-order chi connectivity index (χ0) is 23.8. The fourth-order valence-electron chi connectivity index (χ4n) is 6.80. The molecule has 0 saturated heterocycles. The van der Waals surface area contributed by atoms with Crippen LogP contribution in [0.1, 0.15) is 47.9 Å². The van der Waals surface area contributed by atoms with Crippen molar-refractivity contribution in [3.05, 3.63) is 77.0 Å². The Morgan fingerprint density at radius 2 is 1.63 bits per heavy atom. The van der Waals surface area contributed by atoms with Crippen LogP contribution >= 0.6 is 0 Å². The van der Waals surface area contributed by atoms with Crippen molar-refractivity contribution in [2.75, 3.05) is 0 Å². The van der Waals surface area contributed by atoms with Gasteiger partial charge in [0.25, 0.3) is 0 Å². The van der Waals surface area contributed by atoms with Crippen LogP contribution < -0.4 is 9.30 Å². The lowest BCUT2D eigenvalue weighted by Gasteiger charge is -2.25. The molecule has 2 aliphatic rings. The SMILES string of the molecule is Cc1ccc2c(C)c3c(c(C)c2c1)-c1c2c(cc4cc(CC5CCCC5)ccc4c2cc[n+]1C)O3. The second-order valence-electron chi connectivity index (χ2n) is 11.0. The molecular weight excluding hydrogens is 426 g/mol. The number of rotatable bonds is 2. The number of hydrogen-bond donors (Lipinski definition) is 0. The van der Waals surface area contributed by atoms with E-state index in [1.165, 1.54) is 97.9 Å². The number of ether oxygens (including phenoxy) is 1. The van der Waals surface area contributed by atoms with Gasteiger partial charge in [0.15, 0.2) is 6.20 Å². The van der Waals surface area contributed by atoms with Gasteiger partial charge in [0.2, 0.25) is 5.69 Å². The van der Waals surface area contributed by atoms with Crippen molar-refractivity contribution in [3.8, 4) is 22.8 Å². The van der Waals surface area contributed by atoms with E-state index in [1.807, 2.05) is 0 Å². The van der Waals surface area contributed by atoms with Crippen LogP contribution in [0.5, 0.6) is 11.5 Å². The number of aromatic nitrogens is 1. The monoisotopic (exact) mass is 458 g/mol. The lowest BCUT2D eigenvalue weighted by molar-refractivity contribution is -0.659. The Kier molecular flexibility index (Phi) is 4.52. The summed E-state index contributed by atoms with van der Waals surface area (Å²) in [4.78, 5) is 0. The summed E-state index contributed by atoms with van der Waals surface area (Å²) in [6.45, 7) is 6.64. The van der Waals surface area contributed by atoms with E-state index in [0.29, 0.717) is 0 Å². The number of fused-ring (bicyclic) bond motifs is 5. The quantitative estimate of drug-likeness (QED) is 0.187. The van der Waals surface area contributed by atoms with Gasteiger partial charge in [0, 0.05) is 17.0 Å². The summed E-state index contributed by atoms with van der Waals surface area (Å²) in [6.07, 6.45) is 8.98. The van der Waals surface area contributed by atoms with E-state index in [1.54, 1.807) is 0 Å². The van der Waals surface area contributed by atoms with Crippen molar-refractivity contribution >= 4 is 32.3 Å². The molecular formula is C33H32NO+. The van der Waals surface area contributed by atoms with Crippen molar-refractivity contribution in [2.24, 2.45) is 13.0 Å². The third-order valence-electron chi connectivity index (χ3n) is 8.64. The molecule has 2 heteroatoms. The second-order valence-corrected chi connectivity index (χ2v) is 11.0. The Hall–Kier alpha value is -3.39. The highest BCUT2D eigenvalue weighted by atomic mass is 16.5. The van der Waals surface area contributed by atoms with Crippen LogP contribution in [-0.4, -0.2) is 0 Å². The lowest BCUT2D eigenvalue weighted by atomic mass is 9.87. The van der Waals surface area contributed by atoms with E-state index in [2.05, 4.69) is 87.1 Å². The fourth-order valence-corrected chi connectivity index (χ4v) is 6.80. The first-order valence-electron chi connectivity index (χ1n) is 13.1. The van der Waals surface area contributed by atoms with Crippen LogP contribution in [-0.2, 0) is 13.5 Å². The summed E-state index contributed by atoms with van der Waals surface area (Å²) in [5.41, 5.74) is 7.77. The molecule has 1 aromatic heterocycles. The smallest absolute Gasteiger partial charge is 0.228 e. The molecule has 2 nitrogen and oxygen atoms in total. The summed E-state index contributed by atoms with van der Waals surface area (Å²) in [7, 11) is 2.16. The van der Waals surface area contributed by atoms with Gasteiger partial charge in [-0.25, -0.2) is 4.57 Å². The summed E-state index contributed by atoms with van der Waals surface area (Å²) >= 11 is 0. The Balaban J connectivity index is 1.51. The first-order valence-corrected chi connectivity index (χ1v) is 13.1. The van der Waals surface area contributed by atoms with Gasteiger partial charge < -0.3 is 4.74 Å². The van der Waals surface area contributed by atoms with Crippen LogP contribution in [0.2, 0.25) is 0 Å². The first-order chi connectivity index (χ1) is 17.0. The lowest BCUT2D eigenvalue weighted by Crippen LogP contribution is -2.32. The van der Waals surface area contributed by atoms with Crippen LogP contribution in [0, 0.1) is 26.7 Å². The van der Waals surface area contributed by atoms with Crippen LogP contribution in [0.15, 0.2) is 54.7 Å². The molecule has 1 aliphatic heterocycles. The number of aryl methyl sites for hydroxylation is 4. The Morgan fingerprint density at radius 3 is 2.46 bits per heavy atom. The van der Waals surface area contributed by atoms with Gasteiger partial charge in [-0.2, -0.15) is 0 Å². The van der Waals surface area contributed by atoms with Gasteiger partial charge in [-0.3, -0.25) is 0 Å². The van der Waals surface area contributed by atoms with Crippen molar-refractivity contribution < 1.29 is 9.30 Å². The third-order valence-corrected chi connectivity index (χ3v) is 8.64. The first kappa shape index (κ1) is 20.9. The molecule has 35 heavy (non-hydrogen) atoms. The van der Waals surface area contributed by atoms with Gasteiger partial charge in [-0.1, -0.05) is 67.6 Å². The molecule has 4 aromatic carbocycles. The second kappa shape index (κ2) is 7.55. The molecule has 174 valence electrons. The van der Waals surface area contributed by atoms with Gasteiger partial charge in [0.05, 0.1) is 10.9 Å². The molecule has 0 amide bonds. The van der Waals surface area contributed by atoms with Crippen LogP contribution in [0.25, 0.3) is 43.6 Å². The third kappa shape index (κ3) is 3.05. The predicted molar refractivity (Wildman–Crippen MR) is 146 cm³/mol. The molecule has 5 aromatic rings. The van der Waals surface area contributed by atoms with Crippen molar-refractivity contribution in [1.29, 1.82) is 0 Å². The highest BCUT2D eigenvalue weighted by molar-refractivity contribution is 6.16. The van der Waals surface area contributed by atoms with E-state index >= 15 is 0 Å². The van der Waals surface area contributed by atoms with Crippen molar-refractivity contribution in [3.63, 3.8) is 0 Å². The number of benzene rings is 4. The zero-order valence-electron chi connectivity index (χ0n) is 21.2. The molecule has 2 heterocycles. The number of nitrogens with zero attached hydrogens (tertiary/aromatic N) is 1. The highest BCUT2D eigenvalue weighted by Gasteiger charge is 2.32. The van der Waals surface area contributed by atoms with E-state index in [9.17, 15) is 0 Å². The maximum absolute atomic E-state index is 6.82. The van der Waals surface area contributed by atoms with Gasteiger partial charge in [-0.15, -0.1) is 0 Å². The van der Waals surface area contributed by atoms with Gasteiger partial charge in [0.1, 0.15) is 18.5 Å². The van der Waals surface area contributed by atoms with E-state index in [0.717, 1.165) is 17.4 Å². The molecule has 1 fully saturated rings. The zero-order valence-corrected chi connectivity index (χ0v) is 21.2.